The van der Waals surface area contributed by atoms with Gasteiger partial charge in [0.2, 0.25) is 18.0 Å². The van der Waals surface area contributed by atoms with Crippen molar-refractivity contribution in [3.8, 4) is 11.8 Å². The molecule has 0 spiro atoms. The van der Waals surface area contributed by atoms with Gasteiger partial charge in [-0.25, -0.2) is 24.5 Å². The molecule has 5 rings (SSSR count). The number of methoxy groups -OCH3 is 1. The Morgan fingerprint density at radius 3 is 2.34 bits per heavy atom. The quantitative estimate of drug-likeness (QED) is 0.201. The first-order valence-electron chi connectivity index (χ1n) is 14.9. The SMILES string of the molecule is COc1nc(CC(C)C)c(OC(C)=O)nc1CC1(O)c2ccccc2N(C(=O)OCc2ccccc2)C1OC(=O)c1cccc(Cl)c1. The summed E-state index contributed by atoms with van der Waals surface area (Å²) in [6.45, 7) is 5.12. The van der Waals surface area contributed by atoms with Crippen LogP contribution in [0.3, 0.4) is 0 Å². The molecular weight excluding hydrogens is 626 g/mol. The van der Waals surface area contributed by atoms with E-state index in [9.17, 15) is 19.5 Å². The fraction of sp³-hybridized carbons (Fsp3) is 0.286. The van der Waals surface area contributed by atoms with E-state index in [0.717, 1.165) is 10.5 Å². The van der Waals surface area contributed by atoms with E-state index in [2.05, 4.69) is 9.97 Å². The smallest absolute Gasteiger partial charge is 0.417 e. The van der Waals surface area contributed by atoms with Crippen LogP contribution in [0.2, 0.25) is 5.02 Å². The summed E-state index contributed by atoms with van der Waals surface area (Å²) >= 11 is 6.14. The number of esters is 2. The Labute approximate surface area is 277 Å². The van der Waals surface area contributed by atoms with Crippen LogP contribution < -0.4 is 14.4 Å². The number of ether oxygens (including phenoxy) is 4. The Kier molecular flexibility index (Phi) is 10.1. The van der Waals surface area contributed by atoms with Gasteiger partial charge in [0.15, 0.2) is 5.60 Å². The van der Waals surface area contributed by atoms with E-state index in [4.69, 9.17) is 30.5 Å². The molecule has 244 valence electrons. The number of amides is 1. The zero-order valence-corrected chi connectivity index (χ0v) is 27.1. The predicted octanol–water partition coefficient (Wildman–Crippen LogP) is 6.03. The predicted molar refractivity (Wildman–Crippen MR) is 172 cm³/mol. The van der Waals surface area contributed by atoms with Crippen LogP contribution in [0.5, 0.6) is 11.8 Å². The molecule has 1 aromatic heterocycles. The summed E-state index contributed by atoms with van der Waals surface area (Å²) < 4.78 is 22.6. The number of fused-ring (bicyclic) bond motifs is 1. The number of hydrogen-bond acceptors (Lipinski definition) is 10. The number of carbonyl (C=O) groups is 3. The number of halogens is 1. The molecule has 4 aromatic rings. The number of aliphatic hydroxyl groups is 1. The molecule has 2 atom stereocenters. The molecule has 0 saturated heterocycles. The average Bonchev–Trinajstić information content (AvgIpc) is 3.28. The molecule has 47 heavy (non-hydrogen) atoms. The third-order valence-corrected chi connectivity index (χ3v) is 7.63. The van der Waals surface area contributed by atoms with Gasteiger partial charge in [0, 0.05) is 23.9 Å². The van der Waals surface area contributed by atoms with Crippen molar-refractivity contribution in [2.24, 2.45) is 5.92 Å². The van der Waals surface area contributed by atoms with Gasteiger partial charge in [0.05, 0.1) is 18.4 Å². The van der Waals surface area contributed by atoms with E-state index in [0.29, 0.717) is 17.1 Å². The minimum absolute atomic E-state index is 0.0384. The highest BCUT2D eigenvalue weighted by molar-refractivity contribution is 6.30. The van der Waals surface area contributed by atoms with Gasteiger partial charge in [-0.2, -0.15) is 0 Å². The number of carbonyl (C=O) groups excluding carboxylic acids is 3. The number of anilines is 1. The largest absolute Gasteiger partial charge is 0.480 e. The number of benzene rings is 3. The van der Waals surface area contributed by atoms with Crippen molar-refractivity contribution in [3.05, 3.63) is 112 Å². The summed E-state index contributed by atoms with van der Waals surface area (Å²) in [5.41, 5.74) is -0.283. The molecule has 2 unspecified atom stereocenters. The summed E-state index contributed by atoms with van der Waals surface area (Å²) in [6, 6.07) is 21.7. The molecule has 0 aliphatic carbocycles. The normalized spacial score (nSPS) is 16.8. The second-order valence-corrected chi connectivity index (χ2v) is 11.9. The van der Waals surface area contributed by atoms with Crippen LogP contribution in [0.15, 0.2) is 78.9 Å². The van der Waals surface area contributed by atoms with E-state index in [-0.39, 0.29) is 53.2 Å². The molecule has 1 aliphatic rings. The van der Waals surface area contributed by atoms with Crippen molar-refractivity contribution >= 4 is 35.3 Å². The first kappa shape index (κ1) is 33.4. The molecule has 11 nitrogen and oxygen atoms in total. The Morgan fingerprint density at radius 1 is 0.957 bits per heavy atom. The molecule has 12 heteroatoms. The van der Waals surface area contributed by atoms with Crippen LogP contribution in [-0.2, 0) is 39.3 Å². The van der Waals surface area contributed by atoms with Crippen molar-refractivity contribution < 1.29 is 38.4 Å². The number of nitrogens with zero attached hydrogens (tertiary/aromatic N) is 3. The topological polar surface area (TPSA) is 137 Å². The lowest BCUT2D eigenvalue weighted by atomic mass is 9.89. The number of hydrogen-bond donors (Lipinski definition) is 1. The van der Waals surface area contributed by atoms with Crippen molar-refractivity contribution in [1.82, 2.24) is 9.97 Å². The number of aromatic nitrogens is 2. The molecule has 0 radical (unpaired) electrons. The first-order valence-corrected chi connectivity index (χ1v) is 15.3. The van der Waals surface area contributed by atoms with E-state index in [1.54, 1.807) is 48.5 Å². The summed E-state index contributed by atoms with van der Waals surface area (Å²) in [7, 11) is 1.40. The van der Waals surface area contributed by atoms with Gasteiger partial charge >= 0.3 is 18.0 Å². The Bertz CT molecular complexity index is 1780. The maximum Gasteiger partial charge on any atom is 0.417 e. The first-order chi connectivity index (χ1) is 22.5. The fourth-order valence-corrected chi connectivity index (χ4v) is 5.55. The monoisotopic (exact) mass is 659 g/mol. The molecule has 3 aromatic carbocycles. The summed E-state index contributed by atoms with van der Waals surface area (Å²) in [4.78, 5) is 49.6. The highest BCUT2D eigenvalue weighted by Gasteiger charge is 2.56. The van der Waals surface area contributed by atoms with Gasteiger partial charge in [0.1, 0.15) is 18.0 Å². The second-order valence-electron chi connectivity index (χ2n) is 11.4. The zero-order valence-electron chi connectivity index (χ0n) is 26.3. The third-order valence-electron chi connectivity index (χ3n) is 7.39. The van der Waals surface area contributed by atoms with Crippen molar-refractivity contribution in [2.45, 2.75) is 52.0 Å². The highest BCUT2D eigenvalue weighted by Crippen LogP contribution is 2.47. The summed E-state index contributed by atoms with van der Waals surface area (Å²) in [5, 5.41) is 12.9. The maximum atomic E-state index is 13.8. The maximum absolute atomic E-state index is 13.8. The lowest BCUT2D eigenvalue weighted by molar-refractivity contribution is -0.132. The van der Waals surface area contributed by atoms with E-state index < -0.39 is 29.9 Å². The number of para-hydroxylation sites is 1. The van der Waals surface area contributed by atoms with Crippen LogP contribution in [0.25, 0.3) is 0 Å². The van der Waals surface area contributed by atoms with Gasteiger partial charge < -0.3 is 24.1 Å². The fourth-order valence-electron chi connectivity index (χ4n) is 5.36. The Morgan fingerprint density at radius 2 is 1.66 bits per heavy atom. The van der Waals surface area contributed by atoms with Crippen LogP contribution in [-0.4, -0.2) is 46.4 Å². The molecule has 0 saturated carbocycles. The molecule has 2 heterocycles. The van der Waals surface area contributed by atoms with Gasteiger partial charge in [-0.1, -0.05) is 80.0 Å². The van der Waals surface area contributed by atoms with E-state index in [1.165, 1.54) is 26.2 Å². The van der Waals surface area contributed by atoms with Crippen LogP contribution in [0.4, 0.5) is 10.5 Å². The van der Waals surface area contributed by atoms with Crippen LogP contribution in [0.1, 0.15) is 53.6 Å². The minimum Gasteiger partial charge on any atom is -0.480 e. The standard InChI is InChI=1S/C35H34ClN3O8/c1-21(2)17-27-31(46-22(3)40)38-28(30(37-27)44-4)19-35(43)26-15-8-9-16-29(26)39(34(42)45-20-23-11-6-5-7-12-23)33(35)47-32(41)24-13-10-14-25(36)18-24/h5-16,18,21,33,43H,17,19-20H2,1-4H3. The molecule has 1 amide bonds. The summed E-state index contributed by atoms with van der Waals surface area (Å²) in [5.74, 6) is -1.29. The lowest BCUT2D eigenvalue weighted by Crippen LogP contribution is -2.51. The van der Waals surface area contributed by atoms with E-state index in [1.807, 2.05) is 32.0 Å². The van der Waals surface area contributed by atoms with Crippen molar-refractivity contribution in [1.29, 1.82) is 0 Å². The average molecular weight is 660 g/mol. The molecular formula is C35H34ClN3O8. The molecule has 0 fully saturated rings. The second kappa shape index (κ2) is 14.2. The van der Waals surface area contributed by atoms with Gasteiger partial charge in [-0.15, -0.1) is 0 Å². The van der Waals surface area contributed by atoms with Crippen molar-refractivity contribution in [2.75, 3.05) is 12.0 Å². The zero-order chi connectivity index (χ0) is 33.7. The molecule has 1 aliphatic heterocycles. The minimum atomic E-state index is -2.11. The summed E-state index contributed by atoms with van der Waals surface area (Å²) in [6.07, 6.45) is -2.45. The Balaban J connectivity index is 1.60. The van der Waals surface area contributed by atoms with Gasteiger partial charge in [0.25, 0.3) is 0 Å². The number of rotatable bonds is 10. The van der Waals surface area contributed by atoms with Gasteiger partial charge in [-0.3, -0.25) is 4.79 Å². The lowest BCUT2D eigenvalue weighted by Gasteiger charge is -2.33. The van der Waals surface area contributed by atoms with Crippen LogP contribution >= 0.6 is 11.6 Å². The third kappa shape index (κ3) is 7.37. The van der Waals surface area contributed by atoms with Gasteiger partial charge in [-0.05, 0) is 42.2 Å². The molecule has 1 N–H and O–H groups in total. The molecule has 0 bridgehead atoms. The van der Waals surface area contributed by atoms with Crippen molar-refractivity contribution in [3.63, 3.8) is 0 Å². The van der Waals surface area contributed by atoms with E-state index >= 15 is 0 Å². The van der Waals surface area contributed by atoms with Crippen LogP contribution in [0, 0.1) is 5.92 Å². The Hall–Kier alpha value is -5.00. The highest BCUT2D eigenvalue weighted by atomic mass is 35.5.